The molecule has 1 heterocycles. The summed E-state index contributed by atoms with van der Waals surface area (Å²) in [5.41, 5.74) is 1.76. The monoisotopic (exact) mass is 347 g/mol. The number of nitrogens with one attached hydrogen (secondary N) is 1. The largest absolute Gasteiger partial charge is 0.451 e. The molecule has 4 heteroatoms. The summed E-state index contributed by atoms with van der Waals surface area (Å²) < 4.78 is 18.6. The van der Waals surface area contributed by atoms with Crippen LogP contribution in [0.15, 0.2) is 71.1 Å². The highest BCUT2D eigenvalue weighted by Crippen LogP contribution is 2.28. The third kappa shape index (κ3) is 3.31. The third-order valence-corrected chi connectivity index (χ3v) is 4.49. The molecule has 0 unspecified atom stereocenters. The minimum absolute atomic E-state index is 0.218. The molecule has 0 bridgehead atoms. The highest BCUT2D eigenvalue weighted by Gasteiger charge is 2.13. The summed E-state index contributed by atoms with van der Waals surface area (Å²) >= 11 is 0. The summed E-state index contributed by atoms with van der Waals surface area (Å²) in [7, 11) is 0. The smallest absolute Gasteiger partial charge is 0.287 e. The zero-order valence-corrected chi connectivity index (χ0v) is 14.2. The van der Waals surface area contributed by atoms with Crippen LogP contribution < -0.4 is 5.32 Å². The van der Waals surface area contributed by atoms with Crippen LogP contribution in [-0.2, 0) is 6.42 Å². The molecule has 0 aliphatic carbocycles. The molecule has 4 aromatic rings. The number of furan rings is 1. The first-order chi connectivity index (χ1) is 12.7. The van der Waals surface area contributed by atoms with Crippen LogP contribution in [0.3, 0.4) is 0 Å². The Hall–Kier alpha value is -3.14. The summed E-state index contributed by atoms with van der Waals surface area (Å²) in [5, 5.41) is 6.02. The van der Waals surface area contributed by atoms with Gasteiger partial charge in [0.2, 0.25) is 0 Å². The molecular formula is C22H18FNO2. The number of carbonyl (C=O) groups is 1. The van der Waals surface area contributed by atoms with Crippen molar-refractivity contribution in [3.05, 3.63) is 83.9 Å². The predicted octanol–water partition coefficient (Wildman–Crippen LogP) is 5.09. The van der Waals surface area contributed by atoms with Crippen molar-refractivity contribution in [1.29, 1.82) is 0 Å². The summed E-state index contributed by atoms with van der Waals surface area (Å²) in [6.45, 7) is 0.536. The molecule has 0 atom stereocenters. The number of hydrogen-bond donors (Lipinski definition) is 1. The molecule has 4 rings (SSSR count). The van der Waals surface area contributed by atoms with Crippen molar-refractivity contribution >= 4 is 27.6 Å². The SMILES string of the molecule is O=C(NCCCc1ccc(F)cc1)c1cc2c(ccc3ccccc32)o1. The molecule has 3 aromatic carbocycles. The van der Waals surface area contributed by atoms with Gasteiger partial charge in [-0.1, -0.05) is 42.5 Å². The van der Waals surface area contributed by atoms with Crippen LogP contribution >= 0.6 is 0 Å². The summed E-state index contributed by atoms with van der Waals surface area (Å²) in [6.07, 6.45) is 1.56. The quantitative estimate of drug-likeness (QED) is 0.511. The van der Waals surface area contributed by atoms with Gasteiger partial charge in [-0.2, -0.15) is 0 Å². The van der Waals surface area contributed by atoms with Crippen molar-refractivity contribution in [2.24, 2.45) is 0 Å². The standard InChI is InChI=1S/C22H18FNO2/c23-17-10-7-15(8-11-17)4-3-13-24-22(25)21-14-19-18-6-2-1-5-16(18)9-12-20(19)26-21/h1-2,5-12,14H,3-4,13H2,(H,24,25). The van der Waals surface area contributed by atoms with Gasteiger partial charge in [0.15, 0.2) is 5.76 Å². The molecule has 0 saturated carbocycles. The molecule has 26 heavy (non-hydrogen) atoms. The fourth-order valence-electron chi connectivity index (χ4n) is 3.14. The van der Waals surface area contributed by atoms with E-state index < -0.39 is 0 Å². The van der Waals surface area contributed by atoms with Crippen LogP contribution in [0.25, 0.3) is 21.7 Å². The second kappa shape index (κ2) is 7.00. The van der Waals surface area contributed by atoms with Gasteiger partial charge < -0.3 is 9.73 Å². The van der Waals surface area contributed by atoms with Crippen LogP contribution in [0.4, 0.5) is 4.39 Å². The fourth-order valence-corrected chi connectivity index (χ4v) is 3.14. The van der Waals surface area contributed by atoms with Gasteiger partial charge in [-0.3, -0.25) is 4.79 Å². The van der Waals surface area contributed by atoms with Crippen molar-refractivity contribution in [1.82, 2.24) is 5.32 Å². The summed E-state index contributed by atoms with van der Waals surface area (Å²) in [4.78, 5) is 12.4. The van der Waals surface area contributed by atoms with E-state index in [1.54, 1.807) is 18.2 Å². The van der Waals surface area contributed by atoms with E-state index in [1.807, 2.05) is 36.4 Å². The van der Waals surface area contributed by atoms with Gasteiger partial charge in [-0.05, 0) is 53.4 Å². The molecule has 0 saturated heterocycles. The number of aryl methyl sites for hydroxylation is 1. The summed E-state index contributed by atoms with van der Waals surface area (Å²) in [5.74, 6) is -0.137. The van der Waals surface area contributed by atoms with E-state index >= 15 is 0 Å². The lowest BCUT2D eigenvalue weighted by Crippen LogP contribution is -2.24. The van der Waals surface area contributed by atoms with E-state index in [0.717, 1.165) is 34.6 Å². The highest BCUT2D eigenvalue weighted by molar-refractivity contribution is 6.08. The molecule has 0 aliphatic heterocycles. The van der Waals surface area contributed by atoms with Crippen LogP contribution in [0.5, 0.6) is 0 Å². The minimum atomic E-state index is -0.237. The second-order valence-electron chi connectivity index (χ2n) is 6.30. The number of rotatable bonds is 5. The average molecular weight is 347 g/mol. The van der Waals surface area contributed by atoms with Crippen LogP contribution in [0.2, 0.25) is 0 Å². The molecule has 1 amide bonds. The molecular weight excluding hydrogens is 329 g/mol. The highest BCUT2D eigenvalue weighted by atomic mass is 19.1. The van der Waals surface area contributed by atoms with E-state index in [0.29, 0.717) is 17.9 Å². The molecule has 0 radical (unpaired) electrons. The van der Waals surface area contributed by atoms with Crippen molar-refractivity contribution in [2.45, 2.75) is 12.8 Å². The number of fused-ring (bicyclic) bond motifs is 3. The zero-order chi connectivity index (χ0) is 17.9. The maximum absolute atomic E-state index is 12.9. The van der Waals surface area contributed by atoms with Crippen molar-refractivity contribution in [3.63, 3.8) is 0 Å². The van der Waals surface area contributed by atoms with Gasteiger partial charge in [-0.25, -0.2) is 4.39 Å². The van der Waals surface area contributed by atoms with Crippen molar-refractivity contribution in [3.8, 4) is 0 Å². The molecule has 0 aliphatic rings. The third-order valence-electron chi connectivity index (χ3n) is 4.49. The van der Waals surface area contributed by atoms with E-state index in [1.165, 1.54) is 12.1 Å². The van der Waals surface area contributed by atoms with E-state index in [-0.39, 0.29) is 11.7 Å². The number of carbonyl (C=O) groups excluding carboxylic acids is 1. The fraction of sp³-hybridized carbons (Fsp3) is 0.136. The number of halogens is 1. The first kappa shape index (κ1) is 16.3. The van der Waals surface area contributed by atoms with Crippen molar-refractivity contribution < 1.29 is 13.6 Å². The van der Waals surface area contributed by atoms with E-state index in [9.17, 15) is 9.18 Å². The van der Waals surface area contributed by atoms with Gasteiger partial charge in [-0.15, -0.1) is 0 Å². The molecule has 130 valence electrons. The maximum atomic E-state index is 12.9. The number of benzene rings is 3. The molecule has 3 nitrogen and oxygen atoms in total. The Morgan fingerprint density at radius 2 is 1.77 bits per heavy atom. The average Bonchev–Trinajstić information content (AvgIpc) is 3.11. The zero-order valence-electron chi connectivity index (χ0n) is 14.2. The Labute approximate surface area is 150 Å². The Balaban J connectivity index is 1.41. The Morgan fingerprint density at radius 3 is 2.62 bits per heavy atom. The Bertz CT molecular complexity index is 1070. The Kier molecular flexibility index (Phi) is 4.40. The Morgan fingerprint density at radius 1 is 0.962 bits per heavy atom. The van der Waals surface area contributed by atoms with Crippen LogP contribution in [-0.4, -0.2) is 12.5 Å². The number of amides is 1. The first-order valence-electron chi connectivity index (χ1n) is 8.65. The lowest BCUT2D eigenvalue weighted by Gasteiger charge is -2.03. The second-order valence-corrected chi connectivity index (χ2v) is 6.30. The minimum Gasteiger partial charge on any atom is -0.451 e. The topological polar surface area (TPSA) is 42.2 Å². The normalized spacial score (nSPS) is 11.1. The molecule has 1 N–H and O–H groups in total. The van der Waals surface area contributed by atoms with Gasteiger partial charge in [0, 0.05) is 11.9 Å². The molecule has 0 fully saturated rings. The lowest BCUT2D eigenvalue weighted by atomic mass is 10.1. The van der Waals surface area contributed by atoms with Crippen molar-refractivity contribution in [2.75, 3.05) is 6.54 Å². The predicted molar refractivity (Wildman–Crippen MR) is 101 cm³/mol. The van der Waals surface area contributed by atoms with Gasteiger partial charge in [0.1, 0.15) is 11.4 Å². The van der Waals surface area contributed by atoms with Crippen LogP contribution in [0, 0.1) is 5.82 Å². The first-order valence-corrected chi connectivity index (χ1v) is 8.65. The lowest BCUT2D eigenvalue weighted by molar-refractivity contribution is 0.0927. The number of hydrogen-bond acceptors (Lipinski definition) is 2. The van der Waals surface area contributed by atoms with Crippen LogP contribution in [0.1, 0.15) is 22.5 Å². The molecule has 0 spiro atoms. The van der Waals surface area contributed by atoms with Gasteiger partial charge in [0.25, 0.3) is 5.91 Å². The molecule has 1 aromatic heterocycles. The maximum Gasteiger partial charge on any atom is 0.287 e. The summed E-state index contributed by atoms with van der Waals surface area (Å²) in [6, 6.07) is 20.1. The van der Waals surface area contributed by atoms with E-state index in [4.69, 9.17) is 4.42 Å². The van der Waals surface area contributed by atoms with E-state index in [2.05, 4.69) is 5.32 Å². The van der Waals surface area contributed by atoms with Gasteiger partial charge >= 0.3 is 0 Å². The van der Waals surface area contributed by atoms with Gasteiger partial charge in [0.05, 0.1) is 0 Å².